The molecule has 0 bridgehead atoms. The summed E-state index contributed by atoms with van der Waals surface area (Å²) < 4.78 is 5.34. The van der Waals surface area contributed by atoms with Crippen molar-refractivity contribution >= 4 is 22.8 Å². The highest BCUT2D eigenvalue weighted by atomic mass is 16.5. The monoisotopic (exact) mass is 393 g/mol. The van der Waals surface area contributed by atoms with E-state index in [9.17, 15) is 4.79 Å². The van der Waals surface area contributed by atoms with Crippen molar-refractivity contribution in [3.63, 3.8) is 0 Å². The lowest BCUT2D eigenvalue weighted by molar-refractivity contribution is -0.119. The number of carbonyl (C=O) groups excluding carboxylic acids is 1. The third-order valence-corrected chi connectivity index (χ3v) is 4.65. The van der Waals surface area contributed by atoms with Crippen molar-refractivity contribution in [3.05, 3.63) is 65.4 Å². The summed E-state index contributed by atoms with van der Waals surface area (Å²) in [7, 11) is 1.75. The Morgan fingerprint density at radius 2 is 2.03 bits per heavy atom. The molecule has 0 aliphatic carbocycles. The topological polar surface area (TPSA) is 105 Å². The number of primary amides is 1. The summed E-state index contributed by atoms with van der Waals surface area (Å²) in [4.78, 5) is 18.5. The first kappa shape index (κ1) is 20.3. The summed E-state index contributed by atoms with van der Waals surface area (Å²) in [6, 6.07) is 13.8. The number of aromatic nitrogens is 1. The minimum atomic E-state index is -0.497. The fourth-order valence-corrected chi connectivity index (χ4v) is 3.27. The molecule has 0 fully saturated rings. The number of aliphatic imine (C=N–C) groups is 1. The molecule has 152 valence electrons. The first-order valence-corrected chi connectivity index (χ1v) is 9.57. The summed E-state index contributed by atoms with van der Waals surface area (Å²) in [6.45, 7) is 3.35. The standard InChI is InChI=1S/C22H27N5O2/c1-15-5-3-8-19-21(15)17(13-26-19)9-10-25-22(24-2)27-12-16-6-4-7-18(11-16)29-14-20(23)28/h3-8,11,13,26H,9-10,12,14H2,1-2H3,(H2,23,28)(H2,24,25,27). The van der Waals surface area contributed by atoms with Gasteiger partial charge in [0.05, 0.1) is 0 Å². The van der Waals surface area contributed by atoms with E-state index in [1.165, 1.54) is 22.0 Å². The second kappa shape index (κ2) is 9.64. The Morgan fingerprint density at radius 1 is 1.21 bits per heavy atom. The van der Waals surface area contributed by atoms with Gasteiger partial charge in [0, 0.05) is 37.2 Å². The van der Waals surface area contributed by atoms with Crippen molar-refractivity contribution < 1.29 is 9.53 Å². The number of carbonyl (C=O) groups is 1. The Balaban J connectivity index is 1.51. The zero-order valence-corrected chi connectivity index (χ0v) is 16.8. The molecule has 0 spiro atoms. The third kappa shape index (κ3) is 5.51. The van der Waals surface area contributed by atoms with E-state index in [4.69, 9.17) is 10.5 Å². The van der Waals surface area contributed by atoms with Crippen LogP contribution in [-0.4, -0.2) is 37.1 Å². The van der Waals surface area contributed by atoms with Crippen LogP contribution in [0, 0.1) is 6.92 Å². The molecular formula is C22H27N5O2. The lowest BCUT2D eigenvalue weighted by Gasteiger charge is -2.13. The number of guanidine groups is 1. The van der Waals surface area contributed by atoms with E-state index in [1.807, 2.05) is 18.2 Å². The first-order chi connectivity index (χ1) is 14.1. The number of nitrogens with two attached hydrogens (primary N) is 1. The zero-order valence-electron chi connectivity index (χ0n) is 16.8. The molecule has 3 aromatic rings. The van der Waals surface area contributed by atoms with E-state index in [2.05, 4.69) is 51.9 Å². The number of fused-ring (bicyclic) bond motifs is 1. The van der Waals surface area contributed by atoms with Crippen molar-refractivity contribution in [3.8, 4) is 5.75 Å². The van der Waals surface area contributed by atoms with Gasteiger partial charge in [-0.25, -0.2) is 0 Å². The van der Waals surface area contributed by atoms with Crippen LogP contribution in [0.5, 0.6) is 5.75 Å². The molecule has 1 amide bonds. The maximum absolute atomic E-state index is 10.8. The number of nitrogens with zero attached hydrogens (tertiary/aromatic N) is 1. The Kier molecular flexibility index (Phi) is 6.73. The molecule has 0 unspecified atom stereocenters. The van der Waals surface area contributed by atoms with Gasteiger partial charge in [-0.2, -0.15) is 0 Å². The van der Waals surface area contributed by atoms with Crippen LogP contribution >= 0.6 is 0 Å². The fraction of sp³-hybridized carbons (Fsp3) is 0.273. The molecule has 3 rings (SSSR count). The van der Waals surface area contributed by atoms with Crippen LogP contribution in [-0.2, 0) is 17.8 Å². The number of amides is 1. The molecule has 7 heteroatoms. The van der Waals surface area contributed by atoms with Gasteiger partial charge in [0.25, 0.3) is 5.91 Å². The summed E-state index contributed by atoms with van der Waals surface area (Å²) in [5.41, 5.74) is 9.87. The van der Waals surface area contributed by atoms with Crippen LogP contribution in [0.1, 0.15) is 16.7 Å². The molecule has 0 atom stereocenters. The molecule has 29 heavy (non-hydrogen) atoms. The quantitative estimate of drug-likeness (QED) is 0.348. The third-order valence-electron chi connectivity index (χ3n) is 4.65. The molecule has 1 aromatic heterocycles. The molecule has 0 aliphatic rings. The van der Waals surface area contributed by atoms with Crippen LogP contribution < -0.4 is 21.1 Å². The van der Waals surface area contributed by atoms with Crippen LogP contribution in [0.15, 0.2) is 53.7 Å². The number of benzene rings is 2. The molecule has 0 saturated heterocycles. The number of ether oxygens (including phenoxy) is 1. The summed E-state index contributed by atoms with van der Waals surface area (Å²) in [5, 5.41) is 7.94. The lowest BCUT2D eigenvalue weighted by Crippen LogP contribution is -2.37. The normalized spacial score (nSPS) is 11.4. The first-order valence-electron chi connectivity index (χ1n) is 9.57. The van der Waals surface area contributed by atoms with E-state index >= 15 is 0 Å². The van der Waals surface area contributed by atoms with E-state index < -0.39 is 5.91 Å². The lowest BCUT2D eigenvalue weighted by atomic mass is 10.1. The molecule has 0 saturated carbocycles. The van der Waals surface area contributed by atoms with Crippen molar-refractivity contribution in [1.82, 2.24) is 15.6 Å². The second-order valence-corrected chi connectivity index (χ2v) is 6.82. The van der Waals surface area contributed by atoms with Gasteiger partial charge < -0.3 is 26.1 Å². The van der Waals surface area contributed by atoms with Gasteiger partial charge in [-0.05, 0) is 48.2 Å². The molecule has 7 nitrogen and oxygen atoms in total. The Bertz CT molecular complexity index is 1010. The summed E-state index contributed by atoms with van der Waals surface area (Å²) >= 11 is 0. The highest BCUT2D eigenvalue weighted by molar-refractivity contribution is 5.86. The number of H-pyrrole nitrogens is 1. The Hall–Kier alpha value is -3.48. The predicted octanol–water partition coefficient (Wildman–Crippen LogP) is 2.25. The molecule has 1 heterocycles. The minimum absolute atomic E-state index is 0.132. The van der Waals surface area contributed by atoms with Crippen LogP contribution in [0.4, 0.5) is 0 Å². The van der Waals surface area contributed by atoms with Crippen molar-refractivity contribution in [2.24, 2.45) is 10.7 Å². The number of rotatable bonds is 8. The molecule has 0 radical (unpaired) electrons. The van der Waals surface area contributed by atoms with Gasteiger partial charge in [-0.15, -0.1) is 0 Å². The number of aromatic amines is 1. The van der Waals surface area contributed by atoms with Crippen LogP contribution in [0.3, 0.4) is 0 Å². The largest absolute Gasteiger partial charge is 0.484 e. The highest BCUT2D eigenvalue weighted by Gasteiger charge is 2.06. The Morgan fingerprint density at radius 3 is 2.83 bits per heavy atom. The van der Waals surface area contributed by atoms with Gasteiger partial charge in [0.15, 0.2) is 12.6 Å². The van der Waals surface area contributed by atoms with Crippen LogP contribution in [0.25, 0.3) is 10.9 Å². The van der Waals surface area contributed by atoms with E-state index in [0.29, 0.717) is 12.3 Å². The SMILES string of the molecule is CN=C(NCCc1c[nH]c2cccc(C)c12)NCc1cccc(OCC(N)=O)c1. The Labute approximate surface area is 170 Å². The molecule has 5 N–H and O–H groups in total. The van der Waals surface area contributed by atoms with Gasteiger partial charge in [-0.3, -0.25) is 9.79 Å². The molecule has 0 aliphatic heterocycles. The van der Waals surface area contributed by atoms with E-state index in [1.54, 1.807) is 13.1 Å². The number of nitrogens with one attached hydrogen (secondary N) is 3. The predicted molar refractivity (Wildman–Crippen MR) is 116 cm³/mol. The maximum Gasteiger partial charge on any atom is 0.255 e. The van der Waals surface area contributed by atoms with Crippen molar-refractivity contribution in [1.29, 1.82) is 0 Å². The van der Waals surface area contributed by atoms with Gasteiger partial charge in [0.1, 0.15) is 5.75 Å². The maximum atomic E-state index is 10.8. The van der Waals surface area contributed by atoms with Crippen molar-refractivity contribution in [2.45, 2.75) is 19.9 Å². The summed E-state index contributed by atoms with van der Waals surface area (Å²) in [6.07, 6.45) is 2.97. The highest BCUT2D eigenvalue weighted by Crippen LogP contribution is 2.22. The molecule has 2 aromatic carbocycles. The smallest absolute Gasteiger partial charge is 0.255 e. The van der Waals surface area contributed by atoms with E-state index in [0.717, 1.165) is 24.5 Å². The average molecular weight is 393 g/mol. The average Bonchev–Trinajstić information content (AvgIpc) is 3.14. The summed E-state index contributed by atoms with van der Waals surface area (Å²) in [5.74, 6) is 0.842. The van der Waals surface area contributed by atoms with Crippen molar-refractivity contribution in [2.75, 3.05) is 20.2 Å². The molecular weight excluding hydrogens is 366 g/mol. The van der Waals surface area contributed by atoms with Crippen LogP contribution in [0.2, 0.25) is 0 Å². The van der Waals surface area contributed by atoms with Gasteiger partial charge >= 0.3 is 0 Å². The van der Waals surface area contributed by atoms with Gasteiger partial charge in [0.2, 0.25) is 0 Å². The number of hydrogen-bond acceptors (Lipinski definition) is 3. The number of hydrogen-bond donors (Lipinski definition) is 4. The second-order valence-electron chi connectivity index (χ2n) is 6.82. The minimum Gasteiger partial charge on any atom is -0.484 e. The fourth-order valence-electron chi connectivity index (χ4n) is 3.27. The van der Waals surface area contributed by atoms with E-state index in [-0.39, 0.29) is 6.61 Å². The van der Waals surface area contributed by atoms with Gasteiger partial charge in [-0.1, -0.05) is 24.3 Å². The number of aryl methyl sites for hydroxylation is 1. The zero-order chi connectivity index (χ0) is 20.6.